The molecule has 1 heterocycles. The molecule has 4 saturated carbocycles. The average molecular weight is 472 g/mol. The van der Waals surface area contributed by atoms with Gasteiger partial charge in [0.2, 0.25) is 11.8 Å². The number of carbonyl (C=O) groups is 2. The molecule has 4 aliphatic carbocycles. The van der Waals surface area contributed by atoms with Crippen LogP contribution >= 0.6 is 0 Å². The maximum Gasteiger partial charge on any atom is 0.234 e. The van der Waals surface area contributed by atoms with E-state index >= 15 is 0 Å². The summed E-state index contributed by atoms with van der Waals surface area (Å²) in [5.41, 5.74) is 5.11. The van der Waals surface area contributed by atoms with E-state index in [-0.39, 0.29) is 17.7 Å². The molecule has 0 aromatic heterocycles. The van der Waals surface area contributed by atoms with Gasteiger partial charge in [0.05, 0.1) is 5.92 Å². The lowest BCUT2D eigenvalue weighted by atomic mass is 9.53. The van der Waals surface area contributed by atoms with E-state index in [1.54, 1.807) is 0 Å². The van der Waals surface area contributed by atoms with Gasteiger partial charge in [-0.1, -0.05) is 36.4 Å². The zero-order valence-electron chi connectivity index (χ0n) is 20.5. The molecule has 3 N–H and O–H groups in total. The van der Waals surface area contributed by atoms with E-state index in [2.05, 4.69) is 40.2 Å². The zero-order valence-corrected chi connectivity index (χ0v) is 20.5. The summed E-state index contributed by atoms with van der Waals surface area (Å²) in [5, 5.41) is 9.93. The second-order valence-corrected chi connectivity index (χ2v) is 11.7. The van der Waals surface area contributed by atoms with E-state index in [0.717, 1.165) is 48.5 Å². The van der Waals surface area contributed by atoms with Gasteiger partial charge >= 0.3 is 0 Å². The third-order valence-corrected chi connectivity index (χ3v) is 9.02. The minimum atomic E-state index is -0.230. The molecule has 5 heteroatoms. The summed E-state index contributed by atoms with van der Waals surface area (Å²) in [4.78, 5) is 23.5. The fourth-order valence-electron chi connectivity index (χ4n) is 7.67. The molecule has 5 fully saturated rings. The van der Waals surface area contributed by atoms with Gasteiger partial charge in [0.1, 0.15) is 0 Å². The molecule has 184 valence electrons. The third kappa shape index (κ3) is 5.02. The highest BCUT2D eigenvalue weighted by molar-refractivity contribution is 6.00. The highest BCUT2D eigenvalue weighted by Gasteiger charge is 2.50. The number of amides is 2. The molecule has 1 aliphatic heterocycles. The Kier molecular flexibility index (Phi) is 6.13. The van der Waals surface area contributed by atoms with E-state index in [1.807, 2.05) is 24.3 Å². The van der Waals surface area contributed by atoms with Gasteiger partial charge in [-0.15, -0.1) is 0 Å². The van der Waals surface area contributed by atoms with Crippen molar-refractivity contribution >= 4 is 17.5 Å². The summed E-state index contributed by atoms with van der Waals surface area (Å²) in [7, 11) is 0. The minimum Gasteiger partial charge on any atom is -0.381 e. The second-order valence-electron chi connectivity index (χ2n) is 11.7. The first-order valence-electron chi connectivity index (χ1n) is 13.5. The molecule has 5 nitrogen and oxygen atoms in total. The largest absolute Gasteiger partial charge is 0.381 e. The maximum atomic E-state index is 12.1. The topological polar surface area (TPSA) is 70.2 Å². The number of hydrogen-bond donors (Lipinski definition) is 3. The molecule has 2 aromatic rings. The fraction of sp³-hybridized carbons (Fsp3) is 0.533. The van der Waals surface area contributed by atoms with E-state index in [9.17, 15) is 9.59 Å². The number of piperidine rings is 1. The van der Waals surface area contributed by atoms with Crippen LogP contribution in [0.2, 0.25) is 0 Å². The van der Waals surface area contributed by atoms with Gasteiger partial charge in [-0.3, -0.25) is 14.9 Å². The lowest BCUT2D eigenvalue weighted by Gasteiger charge is -2.57. The predicted octanol–water partition coefficient (Wildman–Crippen LogP) is 4.92. The molecule has 7 rings (SSSR count). The van der Waals surface area contributed by atoms with Crippen LogP contribution in [0.25, 0.3) is 0 Å². The summed E-state index contributed by atoms with van der Waals surface area (Å²) in [6.07, 6.45) is 10.8. The number of nitrogens with one attached hydrogen (secondary N) is 3. The third-order valence-electron chi connectivity index (χ3n) is 9.02. The summed E-state index contributed by atoms with van der Waals surface area (Å²) < 4.78 is 0. The smallest absolute Gasteiger partial charge is 0.234 e. The first-order chi connectivity index (χ1) is 17.0. The standard InChI is InChI=1S/C30H37N3O2/c34-28-10-9-27(29(35)33-28)25-5-7-26(8-6-25)31-19-21-3-1-20(2-4-21)11-12-32-30-16-22-13-23(17-30)15-24(14-22)18-30/h1-8,22-24,27,31-32H,9-19H2,(H,33,34,35). The highest BCUT2D eigenvalue weighted by atomic mass is 16.2. The summed E-state index contributed by atoms with van der Waals surface area (Å²) >= 11 is 0. The second kappa shape index (κ2) is 9.42. The molecule has 1 unspecified atom stereocenters. The molecule has 1 atom stereocenters. The van der Waals surface area contributed by atoms with Gasteiger partial charge in [0.15, 0.2) is 0 Å². The van der Waals surface area contributed by atoms with Crippen LogP contribution in [0.5, 0.6) is 0 Å². The molecule has 2 amide bonds. The van der Waals surface area contributed by atoms with Crippen molar-refractivity contribution in [2.75, 3.05) is 11.9 Å². The van der Waals surface area contributed by atoms with Crippen LogP contribution in [-0.2, 0) is 22.6 Å². The SMILES string of the molecule is O=C1CCC(c2ccc(NCc3ccc(CCNC45CC6CC(CC(C6)C4)C5)cc3)cc2)C(=O)N1. The Morgan fingerprint density at radius 1 is 0.829 bits per heavy atom. The van der Waals surface area contributed by atoms with Gasteiger partial charge < -0.3 is 10.6 Å². The number of benzene rings is 2. The minimum absolute atomic E-state index is 0.172. The monoisotopic (exact) mass is 471 g/mol. The van der Waals surface area contributed by atoms with Crippen molar-refractivity contribution in [2.24, 2.45) is 17.8 Å². The van der Waals surface area contributed by atoms with Gasteiger partial charge in [0.25, 0.3) is 0 Å². The van der Waals surface area contributed by atoms with Gasteiger partial charge in [0, 0.05) is 24.2 Å². The molecular weight excluding hydrogens is 434 g/mol. The molecule has 1 saturated heterocycles. The molecule has 4 bridgehead atoms. The molecular formula is C30H37N3O2. The van der Waals surface area contributed by atoms with Crippen molar-refractivity contribution in [3.63, 3.8) is 0 Å². The molecule has 0 radical (unpaired) electrons. The summed E-state index contributed by atoms with van der Waals surface area (Å²) in [6.45, 7) is 1.85. The van der Waals surface area contributed by atoms with Crippen molar-refractivity contribution in [3.8, 4) is 0 Å². The normalized spacial score (nSPS) is 31.4. The van der Waals surface area contributed by atoms with Crippen molar-refractivity contribution in [1.29, 1.82) is 0 Å². The van der Waals surface area contributed by atoms with Crippen LogP contribution < -0.4 is 16.0 Å². The first kappa shape index (κ1) is 22.8. The van der Waals surface area contributed by atoms with Crippen LogP contribution in [0, 0.1) is 17.8 Å². The van der Waals surface area contributed by atoms with Crippen molar-refractivity contribution in [3.05, 3.63) is 65.2 Å². The molecule has 2 aromatic carbocycles. The number of anilines is 1. The Balaban J connectivity index is 0.968. The van der Waals surface area contributed by atoms with Crippen molar-refractivity contribution in [1.82, 2.24) is 10.6 Å². The maximum absolute atomic E-state index is 12.1. The zero-order chi connectivity index (χ0) is 23.8. The lowest BCUT2D eigenvalue weighted by Crippen LogP contribution is -2.58. The van der Waals surface area contributed by atoms with Crippen LogP contribution in [0.15, 0.2) is 48.5 Å². The lowest BCUT2D eigenvalue weighted by molar-refractivity contribution is -0.134. The van der Waals surface area contributed by atoms with Gasteiger partial charge in [-0.2, -0.15) is 0 Å². The van der Waals surface area contributed by atoms with E-state index in [1.165, 1.54) is 49.7 Å². The Morgan fingerprint density at radius 3 is 2.09 bits per heavy atom. The Labute approximate surface area is 208 Å². The Bertz CT molecular complexity index is 1040. The first-order valence-corrected chi connectivity index (χ1v) is 13.5. The molecule has 35 heavy (non-hydrogen) atoms. The Hall–Kier alpha value is -2.66. The number of hydrogen-bond acceptors (Lipinski definition) is 4. The van der Waals surface area contributed by atoms with Crippen molar-refractivity contribution in [2.45, 2.75) is 75.8 Å². The molecule has 0 spiro atoms. The van der Waals surface area contributed by atoms with Gasteiger partial charge in [-0.25, -0.2) is 0 Å². The van der Waals surface area contributed by atoms with E-state index in [0.29, 0.717) is 18.4 Å². The number of rotatable bonds is 8. The van der Waals surface area contributed by atoms with Crippen LogP contribution in [0.3, 0.4) is 0 Å². The van der Waals surface area contributed by atoms with E-state index < -0.39 is 0 Å². The van der Waals surface area contributed by atoms with Crippen LogP contribution in [0.4, 0.5) is 5.69 Å². The van der Waals surface area contributed by atoms with Crippen molar-refractivity contribution < 1.29 is 9.59 Å². The summed E-state index contributed by atoms with van der Waals surface area (Å²) in [5.74, 6) is 2.40. The fourth-order valence-corrected chi connectivity index (χ4v) is 7.67. The van der Waals surface area contributed by atoms with Gasteiger partial charge in [-0.05, 0) is 104 Å². The summed E-state index contributed by atoms with van der Waals surface area (Å²) in [6, 6.07) is 17.0. The molecule has 5 aliphatic rings. The Morgan fingerprint density at radius 2 is 1.46 bits per heavy atom. The number of carbonyl (C=O) groups excluding carboxylic acids is 2. The van der Waals surface area contributed by atoms with Crippen LogP contribution in [-0.4, -0.2) is 23.9 Å². The van der Waals surface area contributed by atoms with Crippen LogP contribution in [0.1, 0.15) is 74.0 Å². The quantitative estimate of drug-likeness (QED) is 0.478. The average Bonchev–Trinajstić information content (AvgIpc) is 2.83. The highest BCUT2D eigenvalue weighted by Crippen LogP contribution is 2.55. The van der Waals surface area contributed by atoms with E-state index in [4.69, 9.17) is 0 Å². The number of imide groups is 1. The predicted molar refractivity (Wildman–Crippen MR) is 138 cm³/mol.